The second kappa shape index (κ2) is 54.1. The first-order valence-electron chi connectivity index (χ1n) is 26.7. The second-order valence-corrected chi connectivity index (χ2v) is 17.6. The summed E-state index contributed by atoms with van der Waals surface area (Å²) in [6.45, 7) is 4.22. The molecule has 0 radical (unpaired) electrons. The summed E-state index contributed by atoms with van der Waals surface area (Å²) in [5, 5.41) is 23.2. The third-order valence-corrected chi connectivity index (χ3v) is 11.5. The molecule has 0 aromatic carbocycles. The molecule has 0 heterocycles. The van der Waals surface area contributed by atoms with Gasteiger partial charge < -0.3 is 15.5 Å². The molecule has 0 aliphatic carbocycles. The molecule has 4 nitrogen and oxygen atoms in total. The minimum absolute atomic E-state index is 0.0421. The van der Waals surface area contributed by atoms with Crippen molar-refractivity contribution in [3.63, 3.8) is 0 Å². The number of nitrogens with one attached hydrogen (secondary N) is 1. The van der Waals surface area contributed by atoms with Crippen LogP contribution in [0.15, 0.2) is 122 Å². The van der Waals surface area contributed by atoms with Crippen LogP contribution in [0.5, 0.6) is 0 Å². The highest BCUT2D eigenvalue weighted by molar-refractivity contribution is 5.76. The van der Waals surface area contributed by atoms with Crippen molar-refractivity contribution >= 4 is 5.91 Å². The van der Waals surface area contributed by atoms with Crippen LogP contribution in [0.2, 0.25) is 0 Å². The van der Waals surface area contributed by atoms with Crippen LogP contribution in [-0.4, -0.2) is 34.9 Å². The van der Waals surface area contributed by atoms with E-state index in [9.17, 15) is 15.0 Å². The van der Waals surface area contributed by atoms with E-state index in [0.29, 0.717) is 12.8 Å². The van der Waals surface area contributed by atoms with Gasteiger partial charge in [-0.15, -0.1) is 0 Å². The normalized spacial score (nSPS) is 13.9. The summed E-state index contributed by atoms with van der Waals surface area (Å²) in [6.07, 6.45) is 83.1. The van der Waals surface area contributed by atoms with Crippen LogP contribution in [0, 0.1) is 0 Å². The van der Waals surface area contributed by atoms with Gasteiger partial charge >= 0.3 is 0 Å². The zero-order valence-electron chi connectivity index (χ0n) is 41.8. The summed E-state index contributed by atoms with van der Waals surface area (Å²) in [5.41, 5.74) is 0. The molecule has 0 bridgehead atoms. The number of allylic oxidation sites excluding steroid dienone is 20. The fraction of sp³-hybridized carbons (Fsp3) is 0.650. The quantitative estimate of drug-likeness (QED) is 0.0421. The molecule has 4 heteroatoms. The SMILES string of the molecule is CC/C=C\C/C=C\C/C=C\C/C=C\C/C=C\C/C=C\C/C=C\C/C=C\C/C=C\C/C=C\CCCCCCCCCCCCC(=O)NC(CO)C(O)CCCCCCCCCCCCC. The number of rotatable bonds is 47. The maximum atomic E-state index is 12.4. The molecule has 0 rings (SSSR count). The van der Waals surface area contributed by atoms with Crippen molar-refractivity contribution in [2.75, 3.05) is 6.61 Å². The summed E-state index contributed by atoms with van der Waals surface area (Å²) < 4.78 is 0. The van der Waals surface area contributed by atoms with Gasteiger partial charge in [0.2, 0.25) is 5.91 Å². The number of hydrogen-bond acceptors (Lipinski definition) is 3. The van der Waals surface area contributed by atoms with Gasteiger partial charge in [0.25, 0.3) is 0 Å². The smallest absolute Gasteiger partial charge is 0.220 e. The van der Waals surface area contributed by atoms with Gasteiger partial charge in [-0.25, -0.2) is 0 Å². The lowest BCUT2D eigenvalue weighted by atomic mass is 10.0. The monoisotopic (exact) mass is 884 g/mol. The number of carbonyl (C=O) groups is 1. The van der Waals surface area contributed by atoms with E-state index in [1.54, 1.807) is 0 Å². The molecule has 0 spiro atoms. The topological polar surface area (TPSA) is 69.6 Å². The van der Waals surface area contributed by atoms with Gasteiger partial charge in [-0.05, 0) is 89.9 Å². The predicted octanol–water partition coefficient (Wildman–Crippen LogP) is 17.7. The van der Waals surface area contributed by atoms with Crippen molar-refractivity contribution < 1.29 is 15.0 Å². The minimum Gasteiger partial charge on any atom is -0.394 e. The van der Waals surface area contributed by atoms with Crippen molar-refractivity contribution in [3.05, 3.63) is 122 Å². The second-order valence-electron chi connectivity index (χ2n) is 17.6. The molecule has 64 heavy (non-hydrogen) atoms. The van der Waals surface area contributed by atoms with E-state index in [1.165, 1.54) is 116 Å². The van der Waals surface area contributed by atoms with Crippen LogP contribution in [0.4, 0.5) is 0 Å². The molecule has 2 unspecified atom stereocenters. The van der Waals surface area contributed by atoms with Crippen molar-refractivity contribution in [1.82, 2.24) is 5.32 Å². The van der Waals surface area contributed by atoms with Crippen molar-refractivity contribution in [1.29, 1.82) is 0 Å². The fourth-order valence-corrected chi connectivity index (χ4v) is 7.45. The largest absolute Gasteiger partial charge is 0.394 e. The Bertz CT molecular complexity index is 1280. The maximum absolute atomic E-state index is 12.4. The van der Waals surface area contributed by atoms with E-state index in [-0.39, 0.29) is 12.5 Å². The number of amides is 1. The Hall–Kier alpha value is -3.21. The highest BCUT2D eigenvalue weighted by Crippen LogP contribution is 2.15. The number of hydrogen-bond donors (Lipinski definition) is 3. The van der Waals surface area contributed by atoms with Crippen LogP contribution in [0.3, 0.4) is 0 Å². The van der Waals surface area contributed by atoms with Crippen LogP contribution in [-0.2, 0) is 4.79 Å². The lowest BCUT2D eigenvalue weighted by Crippen LogP contribution is -2.45. The van der Waals surface area contributed by atoms with Crippen molar-refractivity contribution in [2.45, 2.75) is 244 Å². The first-order chi connectivity index (χ1) is 31.7. The third kappa shape index (κ3) is 49.8. The first-order valence-corrected chi connectivity index (χ1v) is 26.7. The molecule has 3 N–H and O–H groups in total. The molecule has 364 valence electrons. The van der Waals surface area contributed by atoms with Crippen molar-refractivity contribution in [3.8, 4) is 0 Å². The van der Waals surface area contributed by atoms with Gasteiger partial charge in [-0.1, -0.05) is 257 Å². The zero-order chi connectivity index (χ0) is 46.3. The Balaban J connectivity index is 3.59. The molecule has 0 aromatic heterocycles. The molecular weight excluding hydrogens is 783 g/mol. The maximum Gasteiger partial charge on any atom is 0.220 e. The number of carbonyl (C=O) groups excluding carboxylic acids is 1. The van der Waals surface area contributed by atoms with E-state index in [0.717, 1.165) is 89.9 Å². The van der Waals surface area contributed by atoms with E-state index in [1.807, 2.05) is 0 Å². The summed E-state index contributed by atoms with van der Waals surface area (Å²) in [4.78, 5) is 12.4. The van der Waals surface area contributed by atoms with Crippen LogP contribution >= 0.6 is 0 Å². The Morgan fingerprint density at radius 1 is 0.391 bits per heavy atom. The van der Waals surface area contributed by atoms with Crippen molar-refractivity contribution in [2.24, 2.45) is 0 Å². The van der Waals surface area contributed by atoms with Gasteiger partial charge in [0.15, 0.2) is 0 Å². The number of aliphatic hydroxyl groups excluding tert-OH is 2. The van der Waals surface area contributed by atoms with Gasteiger partial charge in [0.05, 0.1) is 18.8 Å². The number of unbranched alkanes of at least 4 members (excludes halogenated alkanes) is 20. The molecule has 2 atom stereocenters. The molecule has 1 amide bonds. The highest BCUT2D eigenvalue weighted by Gasteiger charge is 2.20. The van der Waals surface area contributed by atoms with E-state index < -0.39 is 12.1 Å². The van der Waals surface area contributed by atoms with E-state index in [4.69, 9.17) is 0 Å². The third-order valence-electron chi connectivity index (χ3n) is 11.5. The molecule has 0 saturated carbocycles. The Morgan fingerprint density at radius 2 is 0.688 bits per heavy atom. The summed E-state index contributed by atoms with van der Waals surface area (Å²) in [5.74, 6) is -0.0421. The summed E-state index contributed by atoms with van der Waals surface area (Å²) >= 11 is 0. The van der Waals surface area contributed by atoms with E-state index >= 15 is 0 Å². The Labute approximate surface area is 397 Å². The summed E-state index contributed by atoms with van der Waals surface area (Å²) in [6, 6.07) is -0.544. The molecule has 0 aliphatic heterocycles. The molecular formula is C60H101NO3. The predicted molar refractivity (Wildman–Crippen MR) is 285 cm³/mol. The van der Waals surface area contributed by atoms with Crippen LogP contribution in [0.1, 0.15) is 232 Å². The van der Waals surface area contributed by atoms with Gasteiger partial charge in [-0.2, -0.15) is 0 Å². The molecule has 0 fully saturated rings. The Kier molecular flexibility index (Phi) is 51.4. The van der Waals surface area contributed by atoms with Gasteiger partial charge in [0.1, 0.15) is 0 Å². The zero-order valence-corrected chi connectivity index (χ0v) is 41.8. The molecule has 0 aromatic rings. The lowest BCUT2D eigenvalue weighted by Gasteiger charge is -2.22. The molecule has 0 saturated heterocycles. The van der Waals surface area contributed by atoms with Gasteiger partial charge in [0, 0.05) is 6.42 Å². The summed E-state index contributed by atoms with van der Waals surface area (Å²) in [7, 11) is 0. The van der Waals surface area contributed by atoms with E-state index in [2.05, 4.69) is 141 Å². The van der Waals surface area contributed by atoms with Gasteiger partial charge in [-0.3, -0.25) is 4.79 Å². The molecule has 0 aliphatic rings. The lowest BCUT2D eigenvalue weighted by molar-refractivity contribution is -0.123. The standard InChI is InChI=1S/C60H101NO3/c1-3-5-7-9-11-13-15-16-17-18-19-20-21-22-23-24-25-26-27-28-29-30-31-32-33-34-35-36-37-38-39-40-41-42-43-44-46-48-50-52-54-56-60(64)61-58(57-62)59(63)55-53-51-49-47-45-14-12-10-8-6-4-2/h5,7,11,13,16-17,19-20,22-23,25-26,28-29,31-32,34-35,37-38,58-59,62-63H,3-4,6,8-10,12,14-15,18,21,24,27,30,33,36,39-57H2,1-2H3,(H,61,64)/b7-5-,13-11-,17-16-,20-19-,23-22-,26-25-,29-28-,32-31-,35-34-,38-37-. The first kappa shape index (κ1) is 60.8. The average molecular weight is 884 g/mol. The highest BCUT2D eigenvalue weighted by atomic mass is 16.3. The van der Waals surface area contributed by atoms with Crippen LogP contribution < -0.4 is 5.32 Å². The average Bonchev–Trinajstić information content (AvgIpc) is 3.30. The Morgan fingerprint density at radius 3 is 1.03 bits per heavy atom. The fourth-order valence-electron chi connectivity index (χ4n) is 7.45. The van der Waals surface area contributed by atoms with Crippen LogP contribution in [0.25, 0.3) is 0 Å². The minimum atomic E-state index is -0.666. The number of aliphatic hydroxyl groups is 2.